The first kappa shape index (κ1) is 13.3. The van der Waals surface area contributed by atoms with Crippen LogP contribution in [0.5, 0.6) is 5.75 Å². The Morgan fingerprint density at radius 3 is 2.63 bits per heavy atom. The largest absolute Gasteiger partial charge is 0.494 e. The van der Waals surface area contributed by atoms with E-state index in [-0.39, 0.29) is 6.04 Å². The van der Waals surface area contributed by atoms with Crippen molar-refractivity contribution < 1.29 is 4.74 Å². The van der Waals surface area contributed by atoms with E-state index in [0.717, 1.165) is 11.3 Å². The minimum absolute atomic E-state index is 0.0718. The standard InChI is InChI=1S/C14H18N4O/c15-14-12(7-4-9-17-14)13(18-16)8-10-19-11-5-2-1-3-6-11/h1-7,9,13,18H,8,10,16H2,(H2,15,17). The minimum Gasteiger partial charge on any atom is -0.494 e. The summed E-state index contributed by atoms with van der Waals surface area (Å²) in [5, 5.41) is 0. The molecule has 0 aliphatic carbocycles. The molecule has 0 saturated carbocycles. The zero-order chi connectivity index (χ0) is 13.5. The van der Waals surface area contributed by atoms with Crippen LogP contribution in [-0.2, 0) is 0 Å². The SMILES string of the molecule is NNC(CCOc1ccccc1)c1cccnc1N. The van der Waals surface area contributed by atoms with Gasteiger partial charge in [-0.25, -0.2) is 4.98 Å². The van der Waals surface area contributed by atoms with Crippen molar-refractivity contribution >= 4 is 5.82 Å². The lowest BCUT2D eigenvalue weighted by molar-refractivity contribution is 0.287. The Morgan fingerprint density at radius 2 is 1.95 bits per heavy atom. The fraction of sp³-hybridized carbons (Fsp3) is 0.214. The molecular formula is C14H18N4O. The Bertz CT molecular complexity index is 504. The van der Waals surface area contributed by atoms with Gasteiger partial charge in [0, 0.05) is 18.2 Å². The molecule has 0 bridgehead atoms. The third-order valence-corrected chi connectivity index (χ3v) is 2.87. The average Bonchev–Trinajstić information content (AvgIpc) is 2.46. The van der Waals surface area contributed by atoms with Gasteiger partial charge in [0.1, 0.15) is 11.6 Å². The molecule has 0 amide bonds. The number of pyridine rings is 1. The highest BCUT2D eigenvalue weighted by Crippen LogP contribution is 2.20. The first-order chi connectivity index (χ1) is 9.31. The summed E-state index contributed by atoms with van der Waals surface area (Å²) in [5.74, 6) is 6.90. The van der Waals surface area contributed by atoms with Crippen LogP contribution in [0.1, 0.15) is 18.0 Å². The van der Waals surface area contributed by atoms with E-state index in [2.05, 4.69) is 10.4 Å². The Hall–Kier alpha value is -2.11. The molecule has 1 heterocycles. The monoisotopic (exact) mass is 258 g/mol. The van der Waals surface area contributed by atoms with Crippen molar-refractivity contribution in [2.24, 2.45) is 5.84 Å². The molecule has 5 nitrogen and oxygen atoms in total. The summed E-state index contributed by atoms with van der Waals surface area (Å²) < 4.78 is 5.64. The van der Waals surface area contributed by atoms with E-state index in [9.17, 15) is 0 Å². The Morgan fingerprint density at radius 1 is 1.16 bits per heavy atom. The molecule has 0 radical (unpaired) electrons. The van der Waals surface area contributed by atoms with Gasteiger partial charge in [-0.1, -0.05) is 24.3 Å². The van der Waals surface area contributed by atoms with Gasteiger partial charge in [-0.3, -0.25) is 11.3 Å². The molecule has 2 aromatic rings. The van der Waals surface area contributed by atoms with Gasteiger partial charge in [0.15, 0.2) is 0 Å². The second-order valence-corrected chi connectivity index (χ2v) is 4.15. The summed E-state index contributed by atoms with van der Waals surface area (Å²) >= 11 is 0. The van der Waals surface area contributed by atoms with Crippen LogP contribution in [0.3, 0.4) is 0 Å². The molecule has 1 atom stereocenters. The maximum absolute atomic E-state index is 5.83. The molecule has 19 heavy (non-hydrogen) atoms. The van der Waals surface area contributed by atoms with Crippen molar-refractivity contribution in [1.29, 1.82) is 0 Å². The lowest BCUT2D eigenvalue weighted by atomic mass is 10.1. The van der Waals surface area contributed by atoms with Crippen molar-refractivity contribution in [3.63, 3.8) is 0 Å². The highest BCUT2D eigenvalue weighted by molar-refractivity contribution is 5.40. The maximum Gasteiger partial charge on any atom is 0.128 e. The molecule has 0 fully saturated rings. The van der Waals surface area contributed by atoms with Crippen LogP contribution >= 0.6 is 0 Å². The van der Waals surface area contributed by atoms with Crippen molar-refractivity contribution in [3.8, 4) is 5.75 Å². The van der Waals surface area contributed by atoms with E-state index in [1.165, 1.54) is 0 Å². The van der Waals surface area contributed by atoms with E-state index in [4.69, 9.17) is 16.3 Å². The number of hydrogen-bond acceptors (Lipinski definition) is 5. The first-order valence-electron chi connectivity index (χ1n) is 6.15. The highest BCUT2D eigenvalue weighted by Gasteiger charge is 2.13. The molecular weight excluding hydrogens is 240 g/mol. The van der Waals surface area contributed by atoms with Crippen molar-refractivity contribution in [1.82, 2.24) is 10.4 Å². The predicted molar refractivity (Wildman–Crippen MR) is 75.3 cm³/mol. The third kappa shape index (κ3) is 3.67. The molecule has 0 saturated heterocycles. The van der Waals surface area contributed by atoms with Gasteiger partial charge in [0.25, 0.3) is 0 Å². The molecule has 5 heteroatoms. The van der Waals surface area contributed by atoms with Gasteiger partial charge < -0.3 is 10.5 Å². The van der Waals surface area contributed by atoms with Crippen LogP contribution in [-0.4, -0.2) is 11.6 Å². The van der Waals surface area contributed by atoms with Gasteiger partial charge in [-0.2, -0.15) is 0 Å². The van der Waals surface area contributed by atoms with E-state index in [1.807, 2.05) is 42.5 Å². The van der Waals surface area contributed by atoms with Crippen LogP contribution in [0.15, 0.2) is 48.7 Å². The lowest BCUT2D eigenvalue weighted by Crippen LogP contribution is -2.30. The van der Waals surface area contributed by atoms with Crippen LogP contribution in [0.25, 0.3) is 0 Å². The first-order valence-corrected chi connectivity index (χ1v) is 6.15. The summed E-state index contributed by atoms with van der Waals surface area (Å²) in [6.07, 6.45) is 2.37. The van der Waals surface area contributed by atoms with E-state index in [0.29, 0.717) is 18.8 Å². The number of anilines is 1. The fourth-order valence-corrected chi connectivity index (χ4v) is 1.86. The normalized spacial score (nSPS) is 12.1. The molecule has 0 aliphatic rings. The molecule has 1 unspecified atom stereocenters. The number of rotatable bonds is 6. The number of benzene rings is 1. The quantitative estimate of drug-likeness (QED) is 0.541. The number of nitrogens with two attached hydrogens (primary N) is 2. The number of hydrogen-bond donors (Lipinski definition) is 3. The Labute approximate surface area is 112 Å². The number of nitrogens with one attached hydrogen (secondary N) is 1. The number of hydrazine groups is 1. The van der Waals surface area contributed by atoms with Gasteiger partial charge in [-0.15, -0.1) is 0 Å². The minimum atomic E-state index is -0.0718. The predicted octanol–water partition coefficient (Wildman–Crippen LogP) is 1.64. The molecule has 100 valence electrons. The second kappa shape index (κ2) is 6.72. The molecule has 2 rings (SSSR count). The molecule has 0 aliphatic heterocycles. The molecule has 5 N–H and O–H groups in total. The maximum atomic E-state index is 5.83. The molecule has 1 aromatic carbocycles. The third-order valence-electron chi connectivity index (χ3n) is 2.87. The summed E-state index contributed by atoms with van der Waals surface area (Å²) in [6, 6.07) is 13.3. The number of aromatic nitrogens is 1. The molecule has 1 aromatic heterocycles. The smallest absolute Gasteiger partial charge is 0.128 e. The van der Waals surface area contributed by atoms with E-state index in [1.54, 1.807) is 6.20 Å². The van der Waals surface area contributed by atoms with Crippen molar-refractivity contribution in [2.45, 2.75) is 12.5 Å². The van der Waals surface area contributed by atoms with Gasteiger partial charge >= 0.3 is 0 Å². The topological polar surface area (TPSA) is 86.2 Å². The summed E-state index contributed by atoms with van der Waals surface area (Å²) in [6.45, 7) is 0.549. The number of nitrogen functional groups attached to an aromatic ring is 1. The van der Waals surface area contributed by atoms with Crippen molar-refractivity contribution in [2.75, 3.05) is 12.3 Å². The van der Waals surface area contributed by atoms with Crippen LogP contribution in [0.2, 0.25) is 0 Å². The highest BCUT2D eigenvalue weighted by atomic mass is 16.5. The lowest BCUT2D eigenvalue weighted by Gasteiger charge is -2.17. The van der Waals surface area contributed by atoms with Crippen LogP contribution in [0, 0.1) is 0 Å². The summed E-state index contributed by atoms with van der Waals surface area (Å²) in [5.41, 5.74) is 9.47. The second-order valence-electron chi connectivity index (χ2n) is 4.15. The summed E-state index contributed by atoms with van der Waals surface area (Å²) in [7, 11) is 0. The fourth-order valence-electron chi connectivity index (χ4n) is 1.86. The van der Waals surface area contributed by atoms with E-state index >= 15 is 0 Å². The number of ether oxygens (including phenoxy) is 1. The summed E-state index contributed by atoms with van der Waals surface area (Å²) in [4.78, 5) is 4.06. The zero-order valence-corrected chi connectivity index (χ0v) is 10.6. The average molecular weight is 258 g/mol. The van der Waals surface area contributed by atoms with Gasteiger partial charge in [0.2, 0.25) is 0 Å². The molecule has 0 spiro atoms. The number of nitrogens with zero attached hydrogens (tertiary/aromatic N) is 1. The Kier molecular flexibility index (Phi) is 4.72. The van der Waals surface area contributed by atoms with Crippen molar-refractivity contribution in [3.05, 3.63) is 54.2 Å². The van der Waals surface area contributed by atoms with Gasteiger partial charge in [0.05, 0.1) is 12.6 Å². The van der Waals surface area contributed by atoms with Crippen LogP contribution in [0.4, 0.5) is 5.82 Å². The van der Waals surface area contributed by atoms with Gasteiger partial charge in [-0.05, 0) is 18.2 Å². The Balaban J connectivity index is 1.92. The van der Waals surface area contributed by atoms with Crippen LogP contribution < -0.4 is 21.7 Å². The zero-order valence-electron chi connectivity index (χ0n) is 10.6. The van der Waals surface area contributed by atoms with E-state index < -0.39 is 0 Å². The number of para-hydroxylation sites is 1.